The molecule has 0 bridgehead atoms. The van der Waals surface area contributed by atoms with Crippen molar-refractivity contribution in [3.63, 3.8) is 0 Å². The van der Waals surface area contributed by atoms with Gasteiger partial charge in [-0.1, -0.05) is 0 Å². The van der Waals surface area contributed by atoms with Gasteiger partial charge in [0, 0.05) is 32.3 Å². The lowest BCUT2D eigenvalue weighted by Gasteiger charge is -2.38. The Bertz CT molecular complexity index is 488. The largest absolute Gasteiger partial charge is 0.472 e. The van der Waals surface area contributed by atoms with Crippen LogP contribution in [0.5, 0.6) is 0 Å². The zero-order valence-corrected chi connectivity index (χ0v) is 13.4. The topological polar surface area (TPSA) is 45.9 Å². The highest BCUT2D eigenvalue weighted by molar-refractivity contribution is 5.94. The third-order valence-corrected chi connectivity index (χ3v) is 5.23. The van der Waals surface area contributed by atoms with E-state index >= 15 is 0 Å². The molecule has 1 spiro atoms. The Morgan fingerprint density at radius 2 is 2.09 bits per heavy atom. The van der Waals surface area contributed by atoms with E-state index in [1.807, 2.05) is 0 Å². The number of carbonyl (C=O) groups excluding carboxylic acids is 1. The monoisotopic (exact) mass is 306 g/mol. The van der Waals surface area contributed by atoms with Gasteiger partial charge in [0.25, 0.3) is 5.91 Å². The Hall–Kier alpha value is -1.33. The molecule has 2 saturated heterocycles. The molecule has 2 aliphatic heterocycles. The van der Waals surface area contributed by atoms with Gasteiger partial charge >= 0.3 is 0 Å². The molecule has 1 atom stereocenters. The first-order valence-corrected chi connectivity index (χ1v) is 8.31. The van der Waals surface area contributed by atoms with Gasteiger partial charge in [0.05, 0.1) is 18.4 Å². The maximum absolute atomic E-state index is 12.8. The lowest BCUT2D eigenvalue weighted by molar-refractivity contribution is 0.0555. The summed E-state index contributed by atoms with van der Waals surface area (Å²) in [6.45, 7) is 4.81. The van der Waals surface area contributed by atoms with Crippen molar-refractivity contribution >= 4 is 5.91 Å². The van der Waals surface area contributed by atoms with E-state index in [0.717, 1.165) is 64.9 Å². The smallest absolute Gasteiger partial charge is 0.257 e. The van der Waals surface area contributed by atoms with E-state index in [-0.39, 0.29) is 11.4 Å². The molecule has 3 rings (SSSR count). The van der Waals surface area contributed by atoms with Crippen LogP contribution in [-0.2, 0) is 4.74 Å². The third kappa shape index (κ3) is 3.06. The molecular formula is C17H26N2O3. The van der Waals surface area contributed by atoms with Crippen molar-refractivity contribution in [2.45, 2.75) is 37.6 Å². The molecule has 5 nitrogen and oxygen atoms in total. The standard InChI is InChI=1S/C17H26N2O3/c1-21-13-11-18-8-2-5-17(7-10-18)6-3-9-19(17)16(20)15-4-12-22-14-15/h4,12,14H,2-3,5-11,13H2,1H3/t17-/m0/s1. The first kappa shape index (κ1) is 15.6. The van der Waals surface area contributed by atoms with Gasteiger partial charge in [-0.25, -0.2) is 0 Å². The van der Waals surface area contributed by atoms with Crippen LogP contribution in [0.2, 0.25) is 0 Å². The minimum atomic E-state index is 0.0518. The van der Waals surface area contributed by atoms with Gasteiger partial charge in [-0.2, -0.15) is 0 Å². The van der Waals surface area contributed by atoms with Gasteiger partial charge in [-0.05, 0) is 44.7 Å². The van der Waals surface area contributed by atoms with Crippen LogP contribution < -0.4 is 0 Å². The molecule has 2 aliphatic rings. The molecule has 1 aromatic heterocycles. The van der Waals surface area contributed by atoms with E-state index in [1.54, 1.807) is 25.7 Å². The van der Waals surface area contributed by atoms with Crippen molar-refractivity contribution in [1.82, 2.24) is 9.80 Å². The van der Waals surface area contributed by atoms with Crippen LogP contribution in [0.3, 0.4) is 0 Å². The van der Waals surface area contributed by atoms with Crippen LogP contribution in [0.4, 0.5) is 0 Å². The lowest BCUT2D eigenvalue weighted by Crippen LogP contribution is -2.47. The number of rotatable bonds is 4. The highest BCUT2D eigenvalue weighted by Crippen LogP contribution is 2.39. The zero-order valence-electron chi connectivity index (χ0n) is 13.4. The Morgan fingerprint density at radius 1 is 1.27 bits per heavy atom. The number of ether oxygens (including phenoxy) is 1. The van der Waals surface area contributed by atoms with Gasteiger partial charge in [0.15, 0.2) is 0 Å². The van der Waals surface area contributed by atoms with Crippen LogP contribution in [0.1, 0.15) is 42.5 Å². The minimum absolute atomic E-state index is 0.0518. The molecule has 122 valence electrons. The average Bonchev–Trinajstić information content (AvgIpc) is 3.14. The molecule has 0 N–H and O–H groups in total. The maximum Gasteiger partial charge on any atom is 0.257 e. The summed E-state index contributed by atoms with van der Waals surface area (Å²) in [5.74, 6) is 0.136. The summed E-state index contributed by atoms with van der Waals surface area (Å²) in [5.41, 5.74) is 0.734. The van der Waals surface area contributed by atoms with Gasteiger partial charge in [0.2, 0.25) is 0 Å². The average molecular weight is 306 g/mol. The summed E-state index contributed by atoms with van der Waals surface area (Å²) in [4.78, 5) is 17.4. The number of nitrogens with zero attached hydrogens (tertiary/aromatic N) is 2. The number of furan rings is 1. The van der Waals surface area contributed by atoms with Crippen LogP contribution in [0, 0.1) is 0 Å². The SMILES string of the molecule is COCCN1CCC[C@]2(CCCN2C(=O)c2ccoc2)CC1. The molecular weight excluding hydrogens is 280 g/mol. The molecule has 0 radical (unpaired) electrons. The van der Waals surface area contributed by atoms with Crippen molar-refractivity contribution in [3.8, 4) is 0 Å². The van der Waals surface area contributed by atoms with Crippen molar-refractivity contribution in [2.75, 3.05) is 39.9 Å². The molecule has 5 heteroatoms. The lowest BCUT2D eigenvalue weighted by atomic mass is 9.87. The van der Waals surface area contributed by atoms with Gasteiger partial charge in [0.1, 0.15) is 6.26 Å². The van der Waals surface area contributed by atoms with Gasteiger partial charge in [-0.3, -0.25) is 4.79 Å². The second-order valence-electron chi connectivity index (χ2n) is 6.48. The number of likely N-dealkylation sites (tertiary alicyclic amines) is 2. The van der Waals surface area contributed by atoms with E-state index in [1.165, 1.54) is 0 Å². The highest BCUT2D eigenvalue weighted by Gasteiger charge is 2.44. The quantitative estimate of drug-likeness (QED) is 0.857. The summed E-state index contributed by atoms with van der Waals surface area (Å²) >= 11 is 0. The molecule has 0 saturated carbocycles. The van der Waals surface area contributed by atoms with Crippen molar-refractivity contribution in [2.24, 2.45) is 0 Å². The molecule has 1 aromatic rings. The van der Waals surface area contributed by atoms with Crippen LogP contribution in [0.25, 0.3) is 0 Å². The van der Waals surface area contributed by atoms with E-state index in [0.29, 0.717) is 5.56 Å². The molecule has 0 aromatic carbocycles. The highest BCUT2D eigenvalue weighted by atomic mass is 16.5. The maximum atomic E-state index is 12.8. The Morgan fingerprint density at radius 3 is 2.82 bits per heavy atom. The first-order chi connectivity index (χ1) is 10.7. The van der Waals surface area contributed by atoms with Crippen LogP contribution in [-0.4, -0.2) is 61.1 Å². The molecule has 2 fully saturated rings. The van der Waals surface area contributed by atoms with Crippen LogP contribution >= 0.6 is 0 Å². The molecule has 22 heavy (non-hydrogen) atoms. The fraction of sp³-hybridized carbons (Fsp3) is 0.706. The van der Waals surface area contributed by atoms with Gasteiger partial charge in [-0.15, -0.1) is 0 Å². The van der Waals surface area contributed by atoms with E-state index in [9.17, 15) is 4.79 Å². The third-order valence-electron chi connectivity index (χ3n) is 5.23. The fourth-order valence-corrected chi connectivity index (χ4v) is 4.00. The second kappa shape index (κ2) is 6.84. The van der Waals surface area contributed by atoms with E-state index in [4.69, 9.17) is 9.15 Å². The van der Waals surface area contributed by atoms with Crippen molar-refractivity contribution in [3.05, 3.63) is 24.2 Å². The predicted octanol–water partition coefficient (Wildman–Crippen LogP) is 2.39. The van der Waals surface area contributed by atoms with E-state index in [2.05, 4.69) is 9.80 Å². The van der Waals surface area contributed by atoms with Gasteiger partial charge < -0.3 is 19.0 Å². The Kier molecular flexibility index (Phi) is 4.84. The summed E-state index contributed by atoms with van der Waals surface area (Å²) in [7, 11) is 1.75. The summed E-state index contributed by atoms with van der Waals surface area (Å²) < 4.78 is 10.3. The van der Waals surface area contributed by atoms with Crippen molar-refractivity contribution in [1.29, 1.82) is 0 Å². The Labute approximate surface area is 132 Å². The molecule has 1 amide bonds. The van der Waals surface area contributed by atoms with E-state index < -0.39 is 0 Å². The summed E-state index contributed by atoms with van der Waals surface area (Å²) in [5, 5.41) is 0. The fourth-order valence-electron chi connectivity index (χ4n) is 4.00. The number of carbonyl (C=O) groups is 1. The number of methoxy groups -OCH3 is 1. The van der Waals surface area contributed by atoms with Crippen LogP contribution in [0.15, 0.2) is 23.0 Å². The molecule has 0 unspecified atom stereocenters. The van der Waals surface area contributed by atoms with Crippen molar-refractivity contribution < 1.29 is 13.9 Å². The zero-order chi connectivity index (χ0) is 15.4. The molecule has 3 heterocycles. The number of hydrogen-bond acceptors (Lipinski definition) is 4. The Balaban J connectivity index is 1.70. The number of hydrogen-bond donors (Lipinski definition) is 0. The summed E-state index contributed by atoms with van der Waals surface area (Å²) in [6.07, 6.45) is 8.72. The first-order valence-electron chi connectivity index (χ1n) is 8.31. The normalized spacial score (nSPS) is 26.5. The predicted molar refractivity (Wildman–Crippen MR) is 83.9 cm³/mol. The second-order valence-corrected chi connectivity index (χ2v) is 6.48. The molecule has 0 aliphatic carbocycles. The summed E-state index contributed by atoms with van der Waals surface area (Å²) in [6, 6.07) is 1.77. The minimum Gasteiger partial charge on any atom is -0.472 e. The number of amides is 1.